The number of nitrogens with one attached hydrogen (secondary N) is 1. The number of methoxy groups -OCH3 is 1. The number of primary amides is 1. The minimum atomic E-state index is -0.455. The molecule has 110 valence electrons. The number of hydrogen-bond donors (Lipinski definition) is 2. The van der Waals surface area contributed by atoms with E-state index in [1.54, 1.807) is 25.3 Å². The van der Waals surface area contributed by atoms with Crippen molar-refractivity contribution in [3.63, 3.8) is 0 Å². The molecule has 21 heavy (non-hydrogen) atoms. The average molecular weight is 284 g/mol. The Labute approximate surface area is 124 Å². The van der Waals surface area contributed by atoms with E-state index in [4.69, 9.17) is 10.5 Å². The number of carbonyl (C=O) groups is 1. The lowest BCUT2D eigenvalue weighted by Gasteiger charge is -2.19. The van der Waals surface area contributed by atoms with Crippen LogP contribution in [0, 0.1) is 6.92 Å². The molecule has 2 aromatic rings. The van der Waals surface area contributed by atoms with E-state index < -0.39 is 5.91 Å². The van der Waals surface area contributed by atoms with Gasteiger partial charge in [0.15, 0.2) is 0 Å². The van der Waals surface area contributed by atoms with Gasteiger partial charge in [0, 0.05) is 11.6 Å². The number of carbonyl (C=O) groups excluding carboxylic acids is 1. The van der Waals surface area contributed by atoms with Crippen LogP contribution in [0.5, 0.6) is 5.75 Å². The third kappa shape index (κ3) is 3.54. The van der Waals surface area contributed by atoms with E-state index in [1.807, 2.05) is 6.07 Å². The van der Waals surface area contributed by atoms with Gasteiger partial charge in [-0.15, -0.1) is 0 Å². The van der Waals surface area contributed by atoms with Gasteiger partial charge in [0.2, 0.25) is 5.91 Å². The summed E-state index contributed by atoms with van der Waals surface area (Å²) in [4.78, 5) is 11.3. The number of ether oxygens (including phenoxy) is 1. The summed E-state index contributed by atoms with van der Waals surface area (Å²) in [7, 11) is 1.60. The molecule has 4 nitrogen and oxygen atoms in total. The molecule has 0 aliphatic heterocycles. The smallest absolute Gasteiger partial charge is 0.248 e. The highest BCUT2D eigenvalue weighted by molar-refractivity contribution is 5.94. The van der Waals surface area contributed by atoms with Crippen LogP contribution in [-0.4, -0.2) is 13.0 Å². The fourth-order valence-corrected chi connectivity index (χ4v) is 2.23. The molecule has 1 amide bonds. The predicted octanol–water partition coefficient (Wildman–Crippen LogP) is 3.28. The van der Waals surface area contributed by atoms with E-state index in [1.165, 1.54) is 11.1 Å². The van der Waals surface area contributed by atoms with E-state index in [-0.39, 0.29) is 6.04 Å². The van der Waals surface area contributed by atoms with Crippen molar-refractivity contribution in [2.45, 2.75) is 19.9 Å². The Morgan fingerprint density at radius 3 is 2.62 bits per heavy atom. The molecule has 0 heterocycles. The number of anilines is 1. The lowest BCUT2D eigenvalue weighted by Crippen LogP contribution is -2.13. The highest BCUT2D eigenvalue weighted by atomic mass is 16.5. The van der Waals surface area contributed by atoms with Gasteiger partial charge in [-0.3, -0.25) is 4.79 Å². The molecule has 0 fully saturated rings. The van der Waals surface area contributed by atoms with Gasteiger partial charge in [0.1, 0.15) is 5.75 Å². The number of amides is 1. The Hall–Kier alpha value is -2.49. The summed E-state index contributed by atoms with van der Waals surface area (Å²) in [6.45, 7) is 4.12. The van der Waals surface area contributed by atoms with E-state index in [2.05, 4.69) is 37.4 Å². The molecule has 1 atom stereocenters. The number of hydrogen-bond acceptors (Lipinski definition) is 3. The Morgan fingerprint density at radius 1 is 1.24 bits per heavy atom. The average Bonchev–Trinajstić information content (AvgIpc) is 2.47. The van der Waals surface area contributed by atoms with E-state index in [9.17, 15) is 4.79 Å². The zero-order chi connectivity index (χ0) is 15.4. The summed E-state index contributed by atoms with van der Waals surface area (Å²) in [5.74, 6) is 0.225. The van der Waals surface area contributed by atoms with Gasteiger partial charge in [-0.2, -0.15) is 0 Å². The van der Waals surface area contributed by atoms with Crippen LogP contribution >= 0.6 is 0 Å². The molecule has 0 aliphatic rings. The third-order valence-electron chi connectivity index (χ3n) is 3.40. The van der Waals surface area contributed by atoms with Crippen molar-refractivity contribution in [2.24, 2.45) is 5.73 Å². The molecular weight excluding hydrogens is 264 g/mol. The summed E-state index contributed by atoms with van der Waals surface area (Å²) in [5, 5.41) is 3.37. The van der Waals surface area contributed by atoms with Crippen molar-refractivity contribution >= 4 is 11.6 Å². The first-order valence-corrected chi connectivity index (χ1v) is 6.82. The van der Waals surface area contributed by atoms with Crippen LogP contribution in [-0.2, 0) is 0 Å². The Bertz CT molecular complexity index is 653. The topological polar surface area (TPSA) is 64.3 Å². The summed E-state index contributed by atoms with van der Waals surface area (Å²) >= 11 is 0. The van der Waals surface area contributed by atoms with E-state index >= 15 is 0 Å². The van der Waals surface area contributed by atoms with Gasteiger partial charge in [-0.1, -0.05) is 29.8 Å². The maximum atomic E-state index is 11.3. The minimum absolute atomic E-state index is 0.0851. The van der Waals surface area contributed by atoms with Crippen LogP contribution in [0.25, 0.3) is 0 Å². The quantitative estimate of drug-likeness (QED) is 0.885. The lowest BCUT2D eigenvalue weighted by atomic mass is 10.0. The van der Waals surface area contributed by atoms with Gasteiger partial charge in [-0.25, -0.2) is 0 Å². The monoisotopic (exact) mass is 284 g/mol. The largest absolute Gasteiger partial charge is 0.495 e. The molecule has 0 bridgehead atoms. The van der Waals surface area contributed by atoms with Crippen LogP contribution in [0.2, 0.25) is 0 Å². The highest BCUT2D eigenvalue weighted by Gasteiger charge is 2.11. The second-order valence-electron chi connectivity index (χ2n) is 5.06. The van der Waals surface area contributed by atoms with Crippen molar-refractivity contribution in [3.8, 4) is 5.75 Å². The van der Waals surface area contributed by atoms with E-state index in [0.717, 1.165) is 5.69 Å². The highest BCUT2D eigenvalue weighted by Crippen LogP contribution is 2.29. The van der Waals surface area contributed by atoms with Crippen LogP contribution < -0.4 is 15.8 Å². The molecule has 2 rings (SSSR count). The Kier molecular flexibility index (Phi) is 4.48. The molecule has 0 saturated carbocycles. The second kappa shape index (κ2) is 6.31. The lowest BCUT2D eigenvalue weighted by molar-refractivity contribution is 0.100. The van der Waals surface area contributed by atoms with Gasteiger partial charge in [0.25, 0.3) is 0 Å². The Balaban J connectivity index is 2.29. The number of rotatable bonds is 5. The molecule has 3 N–H and O–H groups in total. The number of benzene rings is 2. The predicted molar refractivity (Wildman–Crippen MR) is 84.7 cm³/mol. The molecule has 0 saturated heterocycles. The van der Waals surface area contributed by atoms with Crippen LogP contribution in [0.4, 0.5) is 5.69 Å². The maximum Gasteiger partial charge on any atom is 0.248 e. The first kappa shape index (κ1) is 14.9. The molecule has 2 aromatic carbocycles. The molecule has 1 unspecified atom stereocenters. The van der Waals surface area contributed by atoms with Crippen LogP contribution in [0.15, 0.2) is 42.5 Å². The third-order valence-corrected chi connectivity index (χ3v) is 3.40. The standard InChI is InChI=1S/C17H20N2O2/c1-11-5-4-6-13(9-11)12(2)19-15-10-14(17(18)20)7-8-16(15)21-3/h4-10,12,19H,1-3H3,(H2,18,20). The minimum Gasteiger partial charge on any atom is -0.495 e. The van der Waals surface area contributed by atoms with Gasteiger partial charge in [-0.05, 0) is 37.6 Å². The van der Waals surface area contributed by atoms with Crippen molar-refractivity contribution in [1.29, 1.82) is 0 Å². The molecule has 0 spiro atoms. The zero-order valence-corrected chi connectivity index (χ0v) is 12.5. The van der Waals surface area contributed by atoms with Crippen LogP contribution in [0.1, 0.15) is 34.5 Å². The molecule has 0 radical (unpaired) electrons. The maximum absolute atomic E-state index is 11.3. The second-order valence-corrected chi connectivity index (χ2v) is 5.06. The van der Waals surface area contributed by atoms with Crippen molar-refractivity contribution in [2.75, 3.05) is 12.4 Å². The first-order chi connectivity index (χ1) is 10.0. The van der Waals surface area contributed by atoms with Gasteiger partial charge >= 0.3 is 0 Å². The summed E-state index contributed by atoms with van der Waals surface area (Å²) in [5.41, 5.74) is 8.91. The normalized spacial score (nSPS) is 11.8. The Morgan fingerprint density at radius 2 is 2.00 bits per heavy atom. The van der Waals surface area contributed by atoms with Crippen molar-refractivity contribution in [1.82, 2.24) is 0 Å². The van der Waals surface area contributed by atoms with Gasteiger partial charge in [0.05, 0.1) is 12.8 Å². The summed E-state index contributed by atoms with van der Waals surface area (Å²) < 4.78 is 5.33. The molecule has 0 aromatic heterocycles. The van der Waals surface area contributed by atoms with Crippen molar-refractivity contribution < 1.29 is 9.53 Å². The van der Waals surface area contributed by atoms with E-state index in [0.29, 0.717) is 11.3 Å². The fourth-order valence-electron chi connectivity index (χ4n) is 2.23. The van der Waals surface area contributed by atoms with Crippen LogP contribution in [0.3, 0.4) is 0 Å². The SMILES string of the molecule is COc1ccc(C(N)=O)cc1NC(C)c1cccc(C)c1. The van der Waals surface area contributed by atoms with Gasteiger partial charge < -0.3 is 15.8 Å². The van der Waals surface area contributed by atoms with Crippen molar-refractivity contribution in [3.05, 3.63) is 59.2 Å². The number of aryl methyl sites for hydroxylation is 1. The summed E-state index contributed by atoms with van der Waals surface area (Å²) in [6, 6.07) is 13.5. The zero-order valence-electron chi connectivity index (χ0n) is 12.5. The first-order valence-electron chi connectivity index (χ1n) is 6.82. The number of nitrogens with two attached hydrogens (primary N) is 1. The summed E-state index contributed by atoms with van der Waals surface area (Å²) in [6.07, 6.45) is 0. The fraction of sp³-hybridized carbons (Fsp3) is 0.235. The molecular formula is C17H20N2O2. The molecule has 4 heteroatoms. The molecule has 0 aliphatic carbocycles.